The van der Waals surface area contributed by atoms with Crippen LogP contribution in [0.25, 0.3) is 0 Å². The van der Waals surface area contributed by atoms with Gasteiger partial charge in [0, 0.05) is 19.1 Å². The van der Waals surface area contributed by atoms with Gasteiger partial charge in [0.25, 0.3) is 0 Å². The highest BCUT2D eigenvalue weighted by molar-refractivity contribution is 5.48. The van der Waals surface area contributed by atoms with Crippen LogP contribution in [0.15, 0.2) is 18.2 Å². The SMILES string of the molecule is CCCOC1C(O)CC1Oc1ccc(C)cc1[N+](=O)[O-]. The zero-order valence-electron chi connectivity index (χ0n) is 11.6. The van der Waals surface area contributed by atoms with E-state index in [4.69, 9.17) is 9.47 Å². The van der Waals surface area contributed by atoms with Gasteiger partial charge in [-0.05, 0) is 25.0 Å². The van der Waals surface area contributed by atoms with E-state index in [1.807, 2.05) is 6.92 Å². The Morgan fingerprint density at radius 2 is 2.25 bits per heavy atom. The van der Waals surface area contributed by atoms with E-state index in [1.165, 1.54) is 6.07 Å². The summed E-state index contributed by atoms with van der Waals surface area (Å²) >= 11 is 0. The molecule has 20 heavy (non-hydrogen) atoms. The zero-order valence-corrected chi connectivity index (χ0v) is 11.6. The van der Waals surface area contributed by atoms with Gasteiger partial charge >= 0.3 is 5.69 Å². The highest BCUT2D eigenvalue weighted by Crippen LogP contribution is 2.34. The maximum Gasteiger partial charge on any atom is 0.311 e. The summed E-state index contributed by atoms with van der Waals surface area (Å²) in [7, 11) is 0. The van der Waals surface area contributed by atoms with Crippen LogP contribution in [0.4, 0.5) is 5.69 Å². The second-order valence-electron chi connectivity index (χ2n) is 5.02. The minimum Gasteiger partial charge on any atom is -0.481 e. The lowest BCUT2D eigenvalue weighted by Crippen LogP contribution is -2.55. The average molecular weight is 281 g/mol. The molecule has 3 unspecified atom stereocenters. The van der Waals surface area contributed by atoms with E-state index in [0.717, 1.165) is 12.0 Å². The largest absolute Gasteiger partial charge is 0.481 e. The van der Waals surface area contributed by atoms with Gasteiger partial charge in [-0.1, -0.05) is 13.0 Å². The van der Waals surface area contributed by atoms with Crippen LogP contribution in [-0.4, -0.2) is 34.9 Å². The Labute approximate surface area is 117 Å². The number of nitrogens with zero attached hydrogens (tertiary/aromatic N) is 1. The molecule has 0 spiro atoms. The van der Waals surface area contributed by atoms with Gasteiger partial charge in [-0.3, -0.25) is 10.1 Å². The molecule has 1 aliphatic carbocycles. The summed E-state index contributed by atoms with van der Waals surface area (Å²) in [4.78, 5) is 10.6. The number of aliphatic hydroxyl groups is 1. The molecule has 0 bridgehead atoms. The van der Waals surface area contributed by atoms with Crippen molar-refractivity contribution in [3.05, 3.63) is 33.9 Å². The van der Waals surface area contributed by atoms with Gasteiger partial charge in [0.05, 0.1) is 11.0 Å². The molecule has 1 saturated carbocycles. The van der Waals surface area contributed by atoms with Crippen molar-refractivity contribution in [1.82, 2.24) is 0 Å². The van der Waals surface area contributed by atoms with E-state index in [-0.39, 0.29) is 17.5 Å². The molecular weight excluding hydrogens is 262 g/mol. The first kappa shape index (κ1) is 14.7. The summed E-state index contributed by atoms with van der Waals surface area (Å²) < 4.78 is 11.2. The molecule has 0 radical (unpaired) electrons. The van der Waals surface area contributed by atoms with Gasteiger partial charge in [0.15, 0.2) is 5.75 Å². The van der Waals surface area contributed by atoms with Gasteiger partial charge in [0.1, 0.15) is 12.2 Å². The first-order valence-corrected chi connectivity index (χ1v) is 6.74. The van der Waals surface area contributed by atoms with Gasteiger partial charge in [-0.15, -0.1) is 0 Å². The second kappa shape index (κ2) is 6.19. The fraction of sp³-hybridized carbons (Fsp3) is 0.571. The van der Waals surface area contributed by atoms with Crippen molar-refractivity contribution in [3.63, 3.8) is 0 Å². The number of benzene rings is 1. The van der Waals surface area contributed by atoms with Crippen LogP contribution in [0.2, 0.25) is 0 Å². The lowest BCUT2D eigenvalue weighted by Gasteiger charge is -2.40. The third-order valence-electron chi connectivity index (χ3n) is 3.32. The lowest BCUT2D eigenvalue weighted by atomic mass is 9.88. The number of aryl methyl sites for hydroxylation is 1. The summed E-state index contributed by atoms with van der Waals surface area (Å²) in [5.74, 6) is 0.225. The Bertz CT molecular complexity index is 490. The molecule has 0 aromatic heterocycles. The topological polar surface area (TPSA) is 81.8 Å². The Hall–Kier alpha value is -1.66. The Morgan fingerprint density at radius 3 is 2.85 bits per heavy atom. The number of nitro benzene ring substituents is 1. The molecule has 3 atom stereocenters. The number of ether oxygens (including phenoxy) is 2. The van der Waals surface area contributed by atoms with Crippen LogP contribution in [-0.2, 0) is 4.74 Å². The summed E-state index contributed by atoms with van der Waals surface area (Å²) in [5, 5.41) is 20.7. The highest BCUT2D eigenvalue weighted by atomic mass is 16.6. The van der Waals surface area contributed by atoms with E-state index < -0.39 is 17.1 Å². The quantitative estimate of drug-likeness (QED) is 0.638. The smallest absolute Gasteiger partial charge is 0.311 e. The molecule has 1 aromatic carbocycles. The summed E-state index contributed by atoms with van der Waals surface area (Å²) in [6.07, 6.45) is -0.0232. The maximum atomic E-state index is 11.0. The fourth-order valence-electron chi connectivity index (χ4n) is 2.18. The number of hydrogen-bond acceptors (Lipinski definition) is 5. The van der Waals surface area contributed by atoms with Crippen molar-refractivity contribution in [3.8, 4) is 5.75 Å². The standard InChI is InChI=1S/C14H19NO5/c1-3-6-19-14-11(16)8-13(14)20-12-5-4-9(2)7-10(12)15(17)18/h4-5,7,11,13-14,16H,3,6,8H2,1-2H3. The van der Waals surface area contributed by atoms with E-state index >= 15 is 0 Å². The molecule has 0 aliphatic heterocycles. The van der Waals surface area contributed by atoms with Gasteiger partial charge < -0.3 is 14.6 Å². The molecule has 2 rings (SSSR count). The zero-order chi connectivity index (χ0) is 14.7. The molecule has 1 aromatic rings. The van der Waals surface area contributed by atoms with Gasteiger partial charge in [-0.2, -0.15) is 0 Å². The van der Waals surface area contributed by atoms with Crippen LogP contribution in [0, 0.1) is 17.0 Å². The van der Waals surface area contributed by atoms with Crippen LogP contribution >= 0.6 is 0 Å². The molecule has 0 amide bonds. The van der Waals surface area contributed by atoms with Gasteiger partial charge in [0.2, 0.25) is 0 Å². The minimum atomic E-state index is -0.559. The number of nitro groups is 1. The summed E-state index contributed by atoms with van der Waals surface area (Å²) in [6, 6.07) is 4.83. The third kappa shape index (κ3) is 3.08. The summed E-state index contributed by atoms with van der Waals surface area (Å²) in [6.45, 7) is 4.31. The number of aliphatic hydroxyl groups excluding tert-OH is 1. The molecule has 0 heterocycles. The van der Waals surface area contributed by atoms with Crippen LogP contribution in [0.5, 0.6) is 5.75 Å². The maximum absolute atomic E-state index is 11.0. The molecule has 6 nitrogen and oxygen atoms in total. The average Bonchev–Trinajstić information content (AvgIpc) is 2.40. The van der Waals surface area contributed by atoms with Crippen LogP contribution < -0.4 is 4.74 Å². The predicted octanol–water partition coefficient (Wildman–Crippen LogP) is 2.21. The molecule has 6 heteroatoms. The summed E-state index contributed by atoms with van der Waals surface area (Å²) in [5.41, 5.74) is 0.747. The van der Waals surface area contributed by atoms with E-state index in [2.05, 4.69) is 0 Å². The minimum absolute atomic E-state index is 0.0550. The van der Waals surface area contributed by atoms with Gasteiger partial charge in [-0.25, -0.2) is 0 Å². The molecule has 1 N–H and O–H groups in total. The normalized spacial score (nSPS) is 25.1. The second-order valence-corrected chi connectivity index (χ2v) is 5.02. The third-order valence-corrected chi connectivity index (χ3v) is 3.32. The molecule has 1 fully saturated rings. The van der Waals surface area contributed by atoms with Crippen molar-refractivity contribution in [2.75, 3.05) is 6.61 Å². The van der Waals surface area contributed by atoms with Crippen molar-refractivity contribution < 1.29 is 19.5 Å². The monoisotopic (exact) mass is 281 g/mol. The van der Waals surface area contributed by atoms with E-state index in [0.29, 0.717) is 13.0 Å². The predicted molar refractivity (Wildman–Crippen MR) is 72.9 cm³/mol. The first-order chi connectivity index (χ1) is 9.52. The van der Waals surface area contributed by atoms with E-state index in [1.54, 1.807) is 19.1 Å². The lowest BCUT2D eigenvalue weighted by molar-refractivity contribution is -0.386. The van der Waals surface area contributed by atoms with Crippen molar-refractivity contribution in [2.45, 2.75) is 45.0 Å². The fourth-order valence-corrected chi connectivity index (χ4v) is 2.18. The highest BCUT2D eigenvalue weighted by Gasteiger charge is 2.43. The Morgan fingerprint density at radius 1 is 1.50 bits per heavy atom. The van der Waals surface area contributed by atoms with Crippen molar-refractivity contribution >= 4 is 5.69 Å². The van der Waals surface area contributed by atoms with Crippen LogP contribution in [0.3, 0.4) is 0 Å². The number of hydrogen-bond donors (Lipinski definition) is 1. The van der Waals surface area contributed by atoms with E-state index in [9.17, 15) is 15.2 Å². The molecule has 1 aliphatic rings. The molecule has 110 valence electrons. The van der Waals surface area contributed by atoms with Crippen molar-refractivity contribution in [2.24, 2.45) is 0 Å². The molecule has 0 saturated heterocycles. The van der Waals surface area contributed by atoms with Crippen molar-refractivity contribution in [1.29, 1.82) is 0 Å². The Balaban J connectivity index is 2.08. The number of rotatable bonds is 6. The first-order valence-electron chi connectivity index (χ1n) is 6.74. The van der Waals surface area contributed by atoms with Crippen LogP contribution in [0.1, 0.15) is 25.3 Å². The molecular formula is C14H19NO5. The Kier molecular flexibility index (Phi) is 4.57.